The van der Waals surface area contributed by atoms with Crippen molar-refractivity contribution in [1.29, 1.82) is 0 Å². The Morgan fingerprint density at radius 3 is 2.08 bits per heavy atom. The van der Waals surface area contributed by atoms with Gasteiger partial charge >= 0.3 is 0 Å². The van der Waals surface area contributed by atoms with Crippen molar-refractivity contribution < 1.29 is 4.74 Å². The number of hydrogen-bond donors (Lipinski definition) is 0. The molecule has 0 spiro atoms. The molecule has 2 unspecified atom stereocenters. The van der Waals surface area contributed by atoms with Crippen LogP contribution in [0.5, 0.6) is 5.75 Å². The molecule has 5 aromatic carbocycles. The lowest BCUT2D eigenvalue weighted by Gasteiger charge is -2.22. The first-order valence-corrected chi connectivity index (χ1v) is 16.8. The smallest absolute Gasteiger partial charge is 0.182 e. The van der Waals surface area contributed by atoms with Crippen LogP contribution in [0.1, 0.15) is 28.8 Å². The predicted octanol–water partition coefficient (Wildman–Crippen LogP) is 10.1. The highest BCUT2D eigenvalue weighted by molar-refractivity contribution is 5.92. The van der Waals surface area contributed by atoms with E-state index >= 15 is 0 Å². The van der Waals surface area contributed by atoms with E-state index in [1.165, 1.54) is 16.5 Å². The summed E-state index contributed by atoms with van der Waals surface area (Å²) in [6, 6.07) is 49.9. The first-order chi connectivity index (χ1) is 24.8. The van der Waals surface area contributed by atoms with E-state index < -0.39 is 0 Å². The second-order valence-electron chi connectivity index (χ2n) is 12.6. The van der Waals surface area contributed by atoms with Crippen LogP contribution < -0.4 is 4.74 Å². The molecule has 2 atom stereocenters. The normalized spacial score (nSPS) is 15.7. The van der Waals surface area contributed by atoms with Crippen LogP contribution in [0, 0.1) is 0 Å². The number of benzene rings is 5. The third-order valence-electron chi connectivity index (χ3n) is 9.68. The molecule has 0 radical (unpaired) electrons. The number of aromatic nitrogens is 5. The highest BCUT2D eigenvalue weighted by atomic mass is 16.5. The largest absolute Gasteiger partial charge is 0.484 e. The summed E-state index contributed by atoms with van der Waals surface area (Å²) in [5.41, 5.74) is 10.5. The van der Waals surface area contributed by atoms with Crippen molar-refractivity contribution >= 4 is 17.0 Å². The van der Waals surface area contributed by atoms with Crippen molar-refractivity contribution in [1.82, 2.24) is 24.5 Å². The van der Waals surface area contributed by atoms with Gasteiger partial charge in [-0.15, -0.1) is 0 Å². The maximum Gasteiger partial charge on any atom is 0.182 e. The van der Waals surface area contributed by atoms with Crippen LogP contribution >= 0.6 is 0 Å². The van der Waals surface area contributed by atoms with Gasteiger partial charge in [-0.1, -0.05) is 97.1 Å². The fraction of sp³-hybridized carbons (Fsp3) is 0.0455. The van der Waals surface area contributed by atoms with E-state index in [0.29, 0.717) is 23.2 Å². The maximum absolute atomic E-state index is 6.80. The number of nitrogens with zero attached hydrogens (tertiary/aromatic N) is 5. The number of para-hydroxylation sites is 2. The van der Waals surface area contributed by atoms with E-state index in [1.807, 2.05) is 48.5 Å². The zero-order valence-electron chi connectivity index (χ0n) is 26.9. The predicted molar refractivity (Wildman–Crippen MR) is 198 cm³/mol. The lowest BCUT2D eigenvalue weighted by atomic mass is 9.85. The van der Waals surface area contributed by atoms with Gasteiger partial charge in [0.25, 0.3) is 0 Å². The summed E-state index contributed by atoms with van der Waals surface area (Å²) in [5.74, 6) is 2.65. The van der Waals surface area contributed by atoms with Crippen LogP contribution in [-0.2, 0) is 0 Å². The molecular weight excluding hydrogens is 615 g/mol. The van der Waals surface area contributed by atoms with Crippen LogP contribution in [0.25, 0.3) is 68.1 Å². The van der Waals surface area contributed by atoms with Gasteiger partial charge < -0.3 is 9.30 Å². The van der Waals surface area contributed by atoms with E-state index in [2.05, 4.69) is 119 Å². The summed E-state index contributed by atoms with van der Waals surface area (Å²) < 4.78 is 9.14. The van der Waals surface area contributed by atoms with Crippen LogP contribution in [0.3, 0.4) is 0 Å². The molecule has 2 aliphatic rings. The molecule has 1 aliphatic carbocycles. The lowest BCUT2D eigenvalue weighted by Crippen LogP contribution is -2.13. The fourth-order valence-corrected chi connectivity index (χ4v) is 7.38. The molecule has 6 heteroatoms. The topological polar surface area (TPSA) is 65.7 Å². The first kappa shape index (κ1) is 28.4. The molecule has 0 bridgehead atoms. The molecule has 1 aliphatic heterocycles. The van der Waals surface area contributed by atoms with E-state index in [4.69, 9.17) is 19.7 Å². The molecular formula is C44H29N5O. The van der Waals surface area contributed by atoms with Gasteiger partial charge in [0.05, 0.1) is 11.2 Å². The molecule has 0 saturated heterocycles. The minimum absolute atomic E-state index is 0.0478. The van der Waals surface area contributed by atoms with Crippen molar-refractivity contribution in [2.45, 2.75) is 12.0 Å². The summed E-state index contributed by atoms with van der Waals surface area (Å²) in [4.78, 5) is 19.6. The highest BCUT2D eigenvalue weighted by Gasteiger charge is 2.40. The van der Waals surface area contributed by atoms with Gasteiger partial charge in [-0.05, 0) is 71.8 Å². The van der Waals surface area contributed by atoms with Crippen molar-refractivity contribution in [2.75, 3.05) is 0 Å². The molecule has 0 fully saturated rings. The Labute approximate surface area is 289 Å². The average Bonchev–Trinajstić information content (AvgIpc) is 3.74. The maximum atomic E-state index is 6.80. The van der Waals surface area contributed by atoms with Crippen molar-refractivity contribution in [3.8, 4) is 56.9 Å². The molecule has 3 aromatic heterocycles. The zero-order valence-corrected chi connectivity index (χ0v) is 26.9. The molecule has 6 nitrogen and oxygen atoms in total. The van der Waals surface area contributed by atoms with Gasteiger partial charge in [0.1, 0.15) is 17.5 Å². The number of hydrogen-bond acceptors (Lipinski definition) is 5. The number of rotatable bonds is 5. The molecule has 236 valence electrons. The third-order valence-corrected chi connectivity index (χ3v) is 9.68. The Balaban J connectivity index is 1.08. The average molecular weight is 644 g/mol. The summed E-state index contributed by atoms with van der Waals surface area (Å²) in [7, 11) is 0. The Kier molecular flexibility index (Phi) is 6.52. The second kappa shape index (κ2) is 11.5. The second-order valence-corrected chi connectivity index (χ2v) is 12.6. The molecule has 10 rings (SSSR count). The Morgan fingerprint density at radius 1 is 0.560 bits per heavy atom. The van der Waals surface area contributed by atoms with Gasteiger partial charge in [-0.2, -0.15) is 0 Å². The SMILES string of the molecule is C1=CC2c3cc(-c4nc(-c5cccc(-c6ccccc6)c5)nc(-c5ccccn5)n4)ccc3OC2c2c1n(-c1ccccc1)c1ccccc21. The molecule has 50 heavy (non-hydrogen) atoms. The van der Waals surface area contributed by atoms with E-state index in [1.54, 1.807) is 6.20 Å². The quantitative estimate of drug-likeness (QED) is 0.187. The first-order valence-electron chi connectivity index (χ1n) is 16.8. The summed E-state index contributed by atoms with van der Waals surface area (Å²) in [6.07, 6.45) is 6.16. The van der Waals surface area contributed by atoms with Crippen LogP contribution in [-0.4, -0.2) is 24.5 Å². The molecule has 4 heterocycles. The summed E-state index contributed by atoms with van der Waals surface area (Å²) >= 11 is 0. The van der Waals surface area contributed by atoms with Crippen LogP contribution in [0.2, 0.25) is 0 Å². The van der Waals surface area contributed by atoms with E-state index in [0.717, 1.165) is 44.9 Å². The molecule has 0 amide bonds. The number of pyridine rings is 1. The van der Waals surface area contributed by atoms with Crippen LogP contribution in [0.15, 0.2) is 158 Å². The van der Waals surface area contributed by atoms with E-state index in [9.17, 15) is 0 Å². The lowest BCUT2D eigenvalue weighted by molar-refractivity contribution is 0.224. The molecule has 8 aromatic rings. The zero-order chi connectivity index (χ0) is 33.0. The number of ether oxygens (including phenoxy) is 1. The Bertz CT molecular complexity index is 2580. The van der Waals surface area contributed by atoms with Gasteiger partial charge in [0.15, 0.2) is 17.5 Å². The van der Waals surface area contributed by atoms with Gasteiger partial charge in [-0.3, -0.25) is 4.98 Å². The molecule has 0 saturated carbocycles. The third kappa shape index (κ3) is 4.65. The Morgan fingerprint density at radius 2 is 1.26 bits per heavy atom. The summed E-state index contributed by atoms with van der Waals surface area (Å²) in [6.45, 7) is 0. The Hall–Kier alpha value is -6.66. The minimum Gasteiger partial charge on any atom is -0.484 e. The van der Waals surface area contributed by atoms with Gasteiger partial charge in [0, 0.05) is 45.4 Å². The van der Waals surface area contributed by atoms with E-state index in [-0.39, 0.29) is 12.0 Å². The highest BCUT2D eigenvalue weighted by Crippen LogP contribution is 2.53. The molecule has 0 N–H and O–H groups in total. The fourth-order valence-electron chi connectivity index (χ4n) is 7.38. The van der Waals surface area contributed by atoms with Crippen molar-refractivity contribution in [2.24, 2.45) is 0 Å². The minimum atomic E-state index is -0.145. The number of fused-ring (bicyclic) bond motifs is 7. The summed E-state index contributed by atoms with van der Waals surface area (Å²) in [5, 5.41) is 1.21. The van der Waals surface area contributed by atoms with Crippen LogP contribution in [0.4, 0.5) is 0 Å². The monoisotopic (exact) mass is 643 g/mol. The standard InChI is InChI=1S/C44H29N5O/c1-3-12-28(13-4-1)29-14-11-15-30(26-29)42-46-43(48-44(47-42)36-19-9-10-25-45-36)31-21-24-39-35(27-31)33-22-23-38-40(41(33)50-39)34-18-7-8-20-37(34)49(38)32-16-5-2-6-17-32/h1-27,33,41H. The van der Waals surface area contributed by atoms with Gasteiger partial charge in [-0.25, -0.2) is 15.0 Å². The van der Waals surface area contributed by atoms with Crippen molar-refractivity contribution in [3.63, 3.8) is 0 Å². The van der Waals surface area contributed by atoms with Crippen molar-refractivity contribution in [3.05, 3.63) is 175 Å². The van der Waals surface area contributed by atoms with Gasteiger partial charge in [0.2, 0.25) is 0 Å².